The lowest BCUT2D eigenvalue weighted by Gasteiger charge is -2.23. The molecule has 0 radical (unpaired) electrons. The van der Waals surface area contributed by atoms with E-state index >= 15 is 0 Å². The minimum absolute atomic E-state index is 0.0498. The van der Waals surface area contributed by atoms with Crippen LogP contribution in [0.3, 0.4) is 0 Å². The predicted octanol–water partition coefficient (Wildman–Crippen LogP) is 1.82. The molecule has 5 nitrogen and oxygen atoms in total. The Balaban J connectivity index is 1.56. The number of rotatable bonds is 4. The molecule has 0 aliphatic carbocycles. The van der Waals surface area contributed by atoms with Gasteiger partial charge in [0.1, 0.15) is 5.69 Å². The summed E-state index contributed by atoms with van der Waals surface area (Å²) in [5.74, 6) is 1.15. The van der Waals surface area contributed by atoms with Crippen LogP contribution >= 0.6 is 11.8 Å². The summed E-state index contributed by atoms with van der Waals surface area (Å²) in [4.78, 5) is 12.2. The molecule has 0 saturated carbocycles. The maximum atomic E-state index is 12.2. The Morgan fingerprint density at radius 3 is 3.24 bits per heavy atom. The van der Waals surface area contributed by atoms with E-state index in [0.29, 0.717) is 11.7 Å². The van der Waals surface area contributed by atoms with Gasteiger partial charge in [-0.25, -0.2) is 0 Å². The van der Waals surface area contributed by atoms with E-state index in [2.05, 4.69) is 22.7 Å². The minimum Gasteiger partial charge on any atom is -0.349 e. The quantitative estimate of drug-likeness (QED) is 0.891. The highest BCUT2D eigenvalue weighted by Crippen LogP contribution is 2.36. The number of hydrogen-bond donors (Lipinski definition) is 2. The summed E-state index contributed by atoms with van der Waals surface area (Å²) < 4.78 is 2.14. The lowest BCUT2D eigenvalue weighted by Crippen LogP contribution is -2.37. The first-order valence-corrected chi connectivity index (χ1v) is 8.83. The number of hydrogen-bond acceptors (Lipinski definition) is 4. The van der Waals surface area contributed by atoms with Gasteiger partial charge in [0.25, 0.3) is 5.91 Å². The summed E-state index contributed by atoms with van der Waals surface area (Å²) in [6, 6.07) is 2.21. The van der Waals surface area contributed by atoms with Crippen LogP contribution in [0, 0.1) is 0 Å². The average molecular weight is 308 g/mol. The predicted molar refractivity (Wildman–Crippen MR) is 85.8 cm³/mol. The third kappa shape index (κ3) is 3.61. The van der Waals surface area contributed by atoms with E-state index in [1.54, 1.807) is 0 Å². The van der Waals surface area contributed by atoms with Crippen molar-refractivity contribution in [2.24, 2.45) is 0 Å². The summed E-state index contributed by atoms with van der Waals surface area (Å²) in [7, 11) is 0. The number of piperidine rings is 1. The van der Waals surface area contributed by atoms with Crippen LogP contribution in [-0.4, -0.2) is 45.8 Å². The van der Waals surface area contributed by atoms with Crippen molar-refractivity contribution >= 4 is 17.7 Å². The number of carbonyl (C=O) groups excluding carboxylic acids is 1. The van der Waals surface area contributed by atoms with Crippen molar-refractivity contribution < 1.29 is 4.79 Å². The van der Waals surface area contributed by atoms with Gasteiger partial charge in [-0.05, 0) is 51.0 Å². The van der Waals surface area contributed by atoms with Gasteiger partial charge in [0.05, 0.1) is 6.04 Å². The second-order valence-electron chi connectivity index (χ2n) is 6.27. The van der Waals surface area contributed by atoms with Crippen LogP contribution in [0.4, 0.5) is 0 Å². The van der Waals surface area contributed by atoms with Crippen LogP contribution in [0.1, 0.15) is 49.1 Å². The number of nitrogens with zero attached hydrogens (tertiary/aromatic N) is 2. The molecule has 2 unspecified atom stereocenters. The molecule has 2 fully saturated rings. The van der Waals surface area contributed by atoms with Crippen molar-refractivity contribution in [3.8, 4) is 0 Å². The molecule has 21 heavy (non-hydrogen) atoms. The standard InChI is InChI=1S/C15H24N4OS/c1-15(6-3-9-21-15)11-17-14(20)13-5-8-19(18-13)12-4-2-7-16-10-12/h5,8,12,16H,2-4,6-7,9-11H2,1H3,(H,17,20). The van der Waals surface area contributed by atoms with Crippen LogP contribution < -0.4 is 10.6 Å². The van der Waals surface area contributed by atoms with E-state index in [0.717, 1.165) is 26.1 Å². The fourth-order valence-electron chi connectivity index (χ4n) is 3.06. The molecule has 2 aliphatic heterocycles. The minimum atomic E-state index is -0.0498. The highest BCUT2D eigenvalue weighted by Gasteiger charge is 2.30. The number of nitrogens with one attached hydrogen (secondary N) is 2. The molecule has 0 spiro atoms. The number of carbonyl (C=O) groups is 1. The number of aromatic nitrogens is 2. The van der Waals surface area contributed by atoms with Gasteiger partial charge in [-0.15, -0.1) is 0 Å². The molecule has 1 aromatic rings. The van der Waals surface area contributed by atoms with Gasteiger partial charge >= 0.3 is 0 Å². The van der Waals surface area contributed by atoms with Gasteiger partial charge in [-0.1, -0.05) is 0 Å². The van der Waals surface area contributed by atoms with Gasteiger partial charge in [0.2, 0.25) is 0 Å². The molecule has 2 saturated heterocycles. The molecule has 3 heterocycles. The first-order chi connectivity index (χ1) is 10.2. The van der Waals surface area contributed by atoms with Gasteiger partial charge in [-0.2, -0.15) is 16.9 Å². The Morgan fingerprint density at radius 2 is 2.52 bits per heavy atom. The monoisotopic (exact) mass is 308 g/mol. The van der Waals surface area contributed by atoms with E-state index < -0.39 is 0 Å². The summed E-state index contributed by atoms with van der Waals surface area (Å²) in [5, 5.41) is 10.9. The van der Waals surface area contributed by atoms with Gasteiger partial charge < -0.3 is 10.6 Å². The fourth-order valence-corrected chi connectivity index (χ4v) is 4.30. The summed E-state index contributed by atoms with van der Waals surface area (Å²) in [6.45, 7) is 4.99. The average Bonchev–Trinajstić information content (AvgIpc) is 3.16. The van der Waals surface area contributed by atoms with Gasteiger partial charge in [-0.3, -0.25) is 9.48 Å². The Morgan fingerprint density at radius 1 is 1.62 bits per heavy atom. The molecular weight excluding hydrogens is 284 g/mol. The normalized spacial score (nSPS) is 29.5. The molecule has 0 bridgehead atoms. The Bertz CT molecular complexity index is 490. The summed E-state index contributed by atoms with van der Waals surface area (Å²) in [5.41, 5.74) is 0.534. The van der Waals surface area contributed by atoms with Crippen molar-refractivity contribution in [2.45, 2.75) is 43.4 Å². The Labute approximate surface area is 130 Å². The lowest BCUT2D eigenvalue weighted by atomic mass is 10.1. The van der Waals surface area contributed by atoms with Gasteiger partial charge in [0, 0.05) is 24.0 Å². The smallest absolute Gasteiger partial charge is 0.271 e. The molecular formula is C15H24N4OS. The lowest BCUT2D eigenvalue weighted by molar-refractivity contribution is 0.0943. The third-order valence-corrected chi connectivity index (χ3v) is 5.95. The van der Waals surface area contributed by atoms with Crippen LogP contribution in [0.2, 0.25) is 0 Å². The molecule has 2 N–H and O–H groups in total. The van der Waals surface area contributed by atoms with Crippen molar-refractivity contribution in [3.63, 3.8) is 0 Å². The molecule has 2 atom stereocenters. The van der Waals surface area contributed by atoms with Crippen molar-refractivity contribution in [3.05, 3.63) is 18.0 Å². The van der Waals surface area contributed by atoms with E-state index in [4.69, 9.17) is 0 Å². The van der Waals surface area contributed by atoms with Crippen molar-refractivity contribution in [1.29, 1.82) is 0 Å². The first kappa shape index (κ1) is 14.9. The molecule has 0 aromatic carbocycles. The highest BCUT2D eigenvalue weighted by molar-refractivity contribution is 8.00. The van der Waals surface area contributed by atoms with Crippen LogP contribution in [0.5, 0.6) is 0 Å². The fraction of sp³-hybridized carbons (Fsp3) is 0.733. The van der Waals surface area contributed by atoms with Crippen LogP contribution in [0.25, 0.3) is 0 Å². The highest BCUT2D eigenvalue weighted by atomic mass is 32.2. The van der Waals surface area contributed by atoms with Crippen LogP contribution in [-0.2, 0) is 0 Å². The van der Waals surface area contributed by atoms with Crippen molar-refractivity contribution in [1.82, 2.24) is 20.4 Å². The van der Waals surface area contributed by atoms with Gasteiger partial charge in [0.15, 0.2) is 0 Å². The molecule has 116 valence electrons. The number of amides is 1. The Hall–Kier alpha value is -1.01. The van der Waals surface area contributed by atoms with E-state index in [-0.39, 0.29) is 10.7 Å². The molecule has 1 amide bonds. The zero-order chi connectivity index (χ0) is 14.7. The SMILES string of the molecule is CC1(CNC(=O)c2ccn(C3CCCNC3)n2)CCCS1. The van der Waals surface area contributed by atoms with E-state index in [9.17, 15) is 4.79 Å². The molecule has 2 aliphatic rings. The molecule has 3 rings (SSSR count). The number of thioether (sulfide) groups is 1. The largest absolute Gasteiger partial charge is 0.349 e. The molecule has 6 heteroatoms. The zero-order valence-corrected chi connectivity index (χ0v) is 13.4. The Kier molecular flexibility index (Phi) is 4.54. The van der Waals surface area contributed by atoms with Crippen molar-refractivity contribution in [2.75, 3.05) is 25.4 Å². The topological polar surface area (TPSA) is 59.0 Å². The second-order valence-corrected chi connectivity index (χ2v) is 7.95. The zero-order valence-electron chi connectivity index (χ0n) is 12.6. The van der Waals surface area contributed by atoms with E-state index in [1.807, 2.05) is 28.7 Å². The summed E-state index contributed by atoms with van der Waals surface area (Å²) >= 11 is 1.96. The molecule has 1 aromatic heterocycles. The van der Waals surface area contributed by atoms with Crippen LogP contribution in [0.15, 0.2) is 12.3 Å². The maximum Gasteiger partial charge on any atom is 0.271 e. The maximum absolute atomic E-state index is 12.2. The first-order valence-electron chi connectivity index (χ1n) is 7.84. The third-order valence-electron chi connectivity index (χ3n) is 4.41. The van der Waals surface area contributed by atoms with E-state index in [1.165, 1.54) is 25.0 Å². The second kappa shape index (κ2) is 6.40. The summed E-state index contributed by atoms with van der Waals surface area (Å²) in [6.07, 6.45) is 6.66.